The SMILES string of the molecule is CCOCc1ccccc1CNC(=O)Nc1cncc(C(=O)OC)c1. The fourth-order valence-corrected chi connectivity index (χ4v) is 2.17. The Morgan fingerprint density at radius 3 is 2.64 bits per heavy atom. The molecule has 0 atom stereocenters. The maximum atomic E-state index is 12.1. The van der Waals surface area contributed by atoms with Crippen LogP contribution in [0.1, 0.15) is 28.4 Å². The number of aromatic nitrogens is 1. The number of benzene rings is 1. The van der Waals surface area contributed by atoms with Crippen molar-refractivity contribution in [2.75, 3.05) is 19.0 Å². The molecule has 0 radical (unpaired) electrons. The molecule has 0 saturated carbocycles. The standard InChI is InChI=1S/C18H21N3O4/c1-3-25-12-14-7-5-4-6-13(14)10-20-18(23)21-16-8-15(9-19-11-16)17(22)24-2/h4-9,11H,3,10,12H2,1-2H3,(H2,20,21,23). The summed E-state index contributed by atoms with van der Waals surface area (Å²) in [5, 5.41) is 5.42. The number of esters is 1. The van der Waals surface area contributed by atoms with E-state index in [-0.39, 0.29) is 5.56 Å². The Hall–Kier alpha value is -2.93. The summed E-state index contributed by atoms with van der Waals surface area (Å²) in [6, 6.07) is 8.86. The van der Waals surface area contributed by atoms with E-state index in [1.165, 1.54) is 25.6 Å². The molecule has 1 aromatic heterocycles. The Kier molecular flexibility index (Phi) is 6.91. The molecule has 0 spiro atoms. The number of amides is 2. The van der Waals surface area contributed by atoms with Gasteiger partial charge in [0.15, 0.2) is 0 Å². The lowest BCUT2D eigenvalue weighted by Crippen LogP contribution is -2.28. The van der Waals surface area contributed by atoms with Crippen LogP contribution in [-0.4, -0.2) is 30.7 Å². The molecule has 0 aliphatic carbocycles. The Morgan fingerprint density at radius 2 is 1.92 bits per heavy atom. The number of rotatable bonds is 7. The molecule has 0 unspecified atom stereocenters. The lowest BCUT2D eigenvalue weighted by atomic mass is 10.1. The average molecular weight is 343 g/mol. The molecule has 0 fully saturated rings. The highest BCUT2D eigenvalue weighted by Gasteiger charge is 2.09. The molecule has 0 aliphatic rings. The van der Waals surface area contributed by atoms with Gasteiger partial charge in [-0.05, 0) is 24.1 Å². The summed E-state index contributed by atoms with van der Waals surface area (Å²) < 4.78 is 10.1. The molecule has 1 aromatic carbocycles. The molecule has 2 amide bonds. The third-order valence-electron chi connectivity index (χ3n) is 3.44. The van der Waals surface area contributed by atoms with Crippen LogP contribution >= 0.6 is 0 Å². The second-order valence-electron chi connectivity index (χ2n) is 5.17. The number of anilines is 1. The van der Waals surface area contributed by atoms with Crippen LogP contribution in [0, 0.1) is 0 Å². The van der Waals surface area contributed by atoms with Crippen molar-refractivity contribution in [3.8, 4) is 0 Å². The van der Waals surface area contributed by atoms with E-state index in [0.717, 1.165) is 11.1 Å². The normalized spacial score (nSPS) is 10.2. The van der Waals surface area contributed by atoms with E-state index in [9.17, 15) is 9.59 Å². The zero-order valence-corrected chi connectivity index (χ0v) is 14.2. The van der Waals surface area contributed by atoms with Crippen molar-refractivity contribution in [1.29, 1.82) is 0 Å². The quantitative estimate of drug-likeness (QED) is 0.755. The molecule has 2 aromatic rings. The van der Waals surface area contributed by atoms with Crippen molar-refractivity contribution in [1.82, 2.24) is 10.3 Å². The van der Waals surface area contributed by atoms with Gasteiger partial charge in [-0.1, -0.05) is 24.3 Å². The molecule has 0 aliphatic heterocycles. The Labute approximate surface area is 146 Å². The van der Waals surface area contributed by atoms with Gasteiger partial charge in [-0.3, -0.25) is 4.98 Å². The van der Waals surface area contributed by atoms with Crippen LogP contribution in [0.15, 0.2) is 42.7 Å². The van der Waals surface area contributed by atoms with E-state index in [0.29, 0.717) is 25.4 Å². The second-order valence-corrected chi connectivity index (χ2v) is 5.17. The lowest BCUT2D eigenvalue weighted by Gasteiger charge is -2.11. The maximum absolute atomic E-state index is 12.1. The van der Waals surface area contributed by atoms with Gasteiger partial charge in [0, 0.05) is 19.3 Å². The van der Waals surface area contributed by atoms with Gasteiger partial charge in [0.25, 0.3) is 0 Å². The van der Waals surface area contributed by atoms with Crippen molar-refractivity contribution >= 4 is 17.7 Å². The van der Waals surface area contributed by atoms with Gasteiger partial charge in [0.2, 0.25) is 0 Å². The largest absolute Gasteiger partial charge is 0.465 e. The predicted molar refractivity (Wildman–Crippen MR) is 93.2 cm³/mol. The summed E-state index contributed by atoms with van der Waals surface area (Å²) in [5.74, 6) is -0.513. The van der Waals surface area contributed by atoms with E-state index in [1.807, 2.05) is 31.2 Å². The van der Waals surface area contributed by atoms with Gasteiger partial charge in [0.1, 0.15) is 0 Å². The molecular formula is C18H21N3O4. The molecule has 1 heterocycles. The topological polar surface area (TPSA) is 89.5 Å². The Balaban J connectivity index is 1.94. The molecule has 2 N–H and O–H groups in total. The van der Waals surface area contributed by atoms with E-state index in [4.69, 9.17) is 4.74 Å². The first-order valence-electron chi connectivity index (χ1n) is 7.86. The van der Waals surface area contributed by atoms with Crippen molar-refractivity contribution in [2.24, 2.45) is 0 Å². The summed E-state index contributed by atoms with van der Waals surface area (Å²) in [6.07, 6.45) is 2.83. The van der Waals surface area contributed by atoms with Gasteiger partial charge in [-0.25, -0.2) is 9.59 Å². The van der Waals surface area contributed by atoms with Gasteiger partial charge in [-0.15, -0.1) is 0 Å². The van der Waals surface area contributed by atoms with Gasteiger partial charge < -0.3 is 20.1 Å². The summed E-state index contributed by atoms with van der Waals surface area (Å²) in [6.45, 7) is 3.43. The van der Waals surface area contributed by atoms with Crippen LogP contribution in [0.3, 0.4) is 0 Å². The smallest absolute Gasteiger partial charge is 0.339 e. The number of methoxy groups -OCH3 is 1. The van der Waals surface area contributed by atoms with Crippen LogP contribution in [-0.2, 0) is 22.6 Å². The van der Waals surface area contributed by atoms with E-state index in [1.54, 1.807) is 0 Å². The Morgan fingerprint density at radius 1 is 1.16 bits per heavy atom. The molecule has 7 nitrogen and oxygen atoms in total. The number of urea groups is 1. The highest BCUT2D eigenvalue weighted by atomic mass is 16.5. The minimum atomic E-state index is -0.513. The molecule has 0 bridgehead atoms. The second kappa shape index (κ2) is 9.39. The summed E-state index contributed by atoms with van der Waals surface area (Å²) in [7, 11) is 1.29. The van der Waals surface area contributed by atoms with Crippen LogP contribution in [0.4, 0.5) is 10.5 Å². The maximum Gasteiger partial charge on any atom is 0.339 e. The number of ether oxygens (including phenoxy) is 2. The van der Waals surface area contributed by atoms with Crippen molar-refractivity contribution in [3.05, 3.63) is 59.4 Å². The van der Waals surface area contributed by atoms with Crippen LogP contribution in [0.5, 0.6) is 0 Å². The van der Waals surface area contributed by atoms with Gasteiger partial charge in [-0.2, -0.15) is 0 Å². The molecule has 2 rings (SSSR count). The number of hydrogen-bond donors (Lipinski definition) is 2. The average Bonchev–Trinajstić information content (AvgIpc) is 2.64. The van der Waals surface area contributed by atoms with Gasteiger partial charge >= 0.3 is 12.0 Å². The first-order chi connectivity index (χ1) is 12.1. The lowest BCUT2D eigenvalue weighted by molar-refractivity contribution is 0.0600. The van der Waals surface area contributed by atoms with Crippen LogP contribution in [0.25, 0.3) is 0 Å². The highest BCUT2D eigenvalue weighted by Crippen LogP contribution is 2.11. The fourth-order valence-electron chi connectivity index (χ4n) is 2.17. The zero-order chi connectivity index (χ0) is 18.1. The number of pyridine rings is 1. The van der Waals surface area contributed by atoms with E-state index >= 15 is 0 Å². The molecule has 25 heavy (non-hydrogen) atoms. The molecule has 0 saturated heterocycles. The number of nitrogens with one attached hydrogen (secondary N) is 2. The zero-order valence-electron chi connectivity index (χ0n) is 14.2. The first kappa shape index (κ1) is 18.4. The fraction of sp³-hybridized carbons (Fsp3) is 0.278. The third kappa shape index (κ3) is 5.58. The van der Waals surface area contributed by atoms with Crippen LogP contribution < -0.4 is 10.6 Å². The van der Waals surface area contributed by atoms with Crippen molar-refractivity contribution in [2.45, 2.75) is 20.1 Å². The first-order valence-corrected chi connectivity index (χ1v) is 7.86. The van der Waals surface area contributed by atoms with Gasteiger partial charge in [0.05, 0.1) is 31.2 Å². The summed E-state index contributed by atoms with van der Waals surface area (Å²) in [4.78, 5) is 27.5. The number of carbonyl (C=O) groups excluding carboxylic acids is 2. The minimum absolute atomic E-state index is 0.266. The molecule has 7 heteroatoms. The minimum Gasteiger partial charge on any atom is -0.465 e. The third-order valence-corrected chi connectivity index (χ3v) is 3.44. The van der Waals surface area contributed by atoms with Crippen molar-refractivity contribution in [3.63, 3.8) is 0 Å². The monoisotopic (exact) mass is 343 g/mol. The highest BCUT2D eigenvalue weighted by molar-refractivity contribution is 5.93. The number of hydrogen-bond acceptors (Lipinski definition) is 5. The number of nitrogens with zero attached hydrogens (tertiary/aromatic N) is 1. The number of carbonyl (C=O) groups is 2. The van der Waals surface area contributed by atoms with E-state index < -0.39 is 12.0 Å². The van der Waals surface area contributed by atoms with Crippen molar-refractivity contribution < 1.29 is 19.1 Å². The summed E-state index contributed by atoms with van der Waals surface area (Å²) in [5.41, 5.74) is 2.68. The predicted octanol–water partition coefficient (Wildman–Crippen LogP) is 2.73. The molecule has 132 valence electrons. The molecular weight excluding hydrogens is 322 g/mol. The van der Waals surface area contributed by atoms with E-state index in [2.05, 4.69) is 20.4 Å². The Bertz CT molecular complexity index is 734. The van der Waals surface area contributed by atoms with Crippen LogP contribution in [0.2, 0.25) is 0 Å². The summed E-state index contributed by atoms with van der Waals surface area (Å²) >= 11 is 0.